The highest BCUT2D eigenvalue weighted by Crippen LogP contribution is 2.16. The van der Waals surface area contributed by atoms with Crippen LogP contribution in [0.3, 0.4) is 0 Å². The van der Waals surface area contributed by atoms with Gasteiger partial charge in [0, 0.05) is 25.5 Å². The Morgan fingerprint density at radius 1 is 1.31 bits per heavy atom. The summed E-state index contributed by atoms with van der Waals surface area (Å²) in [6.45, 7) is -0.685. The Kier molecular flexibility index (Phi) is 4.75. The molecule has 0 aliphatic rings. The Morgan fingerprint density at radius 2 is 2.06 bits per heavy atom. The van der Waals surface area contributed by atoms with Crippen LogP contribution in [0.1, 0.15) is 0 Å². The van der Waals surface area contributed by atoms with Gasteiger partial charge in [-0.25, -0.2) is 0 Å². The first-order valence-electron chi connectivity index (χ1n) is 4.88. The van der Waals surface area contributed by atoms with Crippen molar-refractivity contribution in [2.75, 3.05) is 26.2 Å². The van der Waals surface area contributed by atoms with Crippen molar-refractivity contribution in [3.05, 3.63) is 18.5 Å². The van der Waals surface area contributed by atoms with E-state index in [2.05, 4.69) is 5.10 Å². The largest absolute Gasteiger partial charge is 0.401 e. The van der Waals surface area contributed by atoms with Gasteiger partial charge in [-0.05, 0) is 6.07 Å². The molecule has 1 aromatic rings. The van der Waals surface area contributed by atoms with Gasteiger partial charge in [-0.15, -0.1) is 0 Å². The van der Waals surface area contributed by atoms with Gasteiger partial charge in [0.05, 0.1) is 19.7 Å². The second kappa shape index (κ2) is 5.86. The van der Waals surface area contributed by atoms with Crippen LogP contribution in [0.4, 0.5) is 13.2 Å². The average molecular weight is 237 g/mol. The minimum absolute atomic E-state index is 0.0147. The standard InChI is InChI=1S/C9H14F3N3O/c10-9(11,12)8-14(6-7-16)4-5-15-3-1-2-13-15/h1-3,16H,4-8H2. The molecule has 0 fully saturated rings. The molecule has 1 aromatic heterocycles. The van der Waals surface area contributed by atoms with E-state index in [-0.39, 0.29) is 19.7 Å². The SMILES string of the molecule is OCCN(CCn1cccn1)CC(F)(F)F. The van der Waals surface area contributed by atoms with Crippen molar-refractivity contribution in [1.82, 2.24) is 14.7 Å². The number of hydrogen-bond donors (Lipinski definition) is 1. The van der Waals surface area contributed by atoms with Crippen molar-refractivity contribution in [1.29, 1.82) is 0 Å². The van der Waals surface area contributed by atoms with Crippen LogP contribution in [-0.2, 0) is 6.54 Å². The number of aliphatic hydroxyl groups is 1. The van der Waals surface area contributed by atoms with Crippen LogP contribution < -0.4 is 0 Å². The van der Waals surface area contributed by atoms with Gasteiger partial charge >= 0.3 is 6.18 Å². The Hall–Kier alpha value is -1.08. The molecule has 0 aliphatic carbocycles. The van der Waals surface area contributed by atoms with Crippen LogP contribution in [0.2, 0.25) is 0 Å². The summed E-state index contributed by atoms with van der Waals surface area (Å²) in [6, 6.07) is 1.71. The maximum absolute atomic E-state index is 12.1. The highest BCUT2D eigenvalue weighted by molar-refractivity contribution is 4.78. The monoisotopic (exact) mass is 237 g/mol. The molecule has 92 valence electrons. The summed E-state index contributed by atoms with van der Waals surface area (Å²) in [5, 5.41) is 12.6. The summed E-state index contributed by atoms with van der Waals surface area (Å²) in [5.41, 5.74) is 0. The van der Waals surface area contributed by atoms with Gasteiger partial charge in [0.25, 0.3) is 0 Å². The highest BCUT2D eigenvalue weighted by Gasteiger charge is 2.30. The van der Waals surface area contributed by atoms with Crippen molar-refractivity contribution in [3.8, 4) is 0 Å². The predicted molar refractivity (Wildman–Crippen MR) is 51.8 cm³/mol. The zero-order valence-corrected chi connectivity index (χ0v) is 8.69. The maximum atomic E-state index is 12.1. The molecule has 0 saturated carbocycles. The number of halogens is 3. The van der Waals surface area contributed by atoms with E-state index in [9.17, 15) is 13.2 Å². The van der Waals surface area contributed by atoms with Crippen LogP contribution in [0.15, 0.2) is 18.5 Å². The third kappa shape index (κ3) is 5.13. The molecule has 1 rings (SSSR count). The van der Waals surface area contributed by atoms with E-state index in [1.54, 1.807) is 23.1 Å². The fraction of sp³-hybridized carbons (Fsp3) is 0.667. The lowest BCUT2D eigenvalue weighted by Gasteiger charge is -2.22. The maximum Gasteiger partial charge on any atom is 0.401 e. The summed E-state index contributed by atoms with van der Waals surface area (Å²) < 4.78 is 38.0. The molecule has 0 amide bonds. The molecule has 0 aromatic carbocycles. The average Bonchev–Trinajstić information content (AvgIpc) is 2.64. The molecule has 0 unspecified atom stereocenters. The van der Waals surface area contributed by atoms with Crippen molar-refractivity contribution in [2.24, 2.45) is 0 Å². The lowest BCUT2D eigenvalue weighted by molar-refractivity contribution is -0.147. The Morgan fingerprint density at radius 3 is 2.56 bits per heavy atom. The molecule has 1 heterocycles. The molecule has 0 aliphatic heterocycles. The Labute approximate surface area is 91.3 Å². The molecule has 0 radical (unpaired) electrons. The molecule has 7 heteroatoms. The van der Waals surface area contributed by atoms with Crippen molar-refractivity contribution >= 4 is 0 Å². The van der Waals surface area contributed by atoms with Crippen molar-refractivity contribution in [2.45, 2.75) is 12.7 Å². The van der Waals surface area contributed by atoms with Crippen LogP contribution in [-0.4, -0.2) is 52.2 Å². The lowest BCUT2D eigenvalue weighted by atomic mass is 10.4. The topological polar surface area (TPSA) is 41.3 Å². The normalized spacial score (nSPS) is 12.3. The molecular formula is C9H14F3N3O. The minimum atomic E-state index is -4.24. The second-order valence-corrected chi connectivity index (χ2v) is 3.38. The van der Waals surface area contributed by atoms with Crippen molar-refractivity contribution < 1.29 is 18.3 Å². The van der Waals surface area contributed by atoms with Crippen LogP contribution >= 0.6 is 0 Å². The first-order chi connectivity index (χ1) is 7.51. The Balaban J connectivity index is 2.39. The number of rotatable bonds is 6. The van der Waals surface area contributed by atoms with E-state index >= 15 is 0 Å². The quantitative estimate of drug-likeness (QED) is 0.793. The van der Waals surface area contributed by atoms with Gasteiger partial charge in [0.2, 0.25) is 0 Å². The molecule has 0 saturated heterocycles. The fourth-order valence-electron chi connectivity index (χ4n) is 1.34. The lowest BCUT2D eigenvalue weighted by Crippen LogP contribution is -2.38. The summed E-state index contributed by atoms with van der Waals surface area (Å²) in [5.74, 6) is 0. The van der Waals surface area contributed by atoms with Gasteiger partial charge in [-0.2, -0.15) is 18.3 Å². The van der Waals surface area contributed by atoms with Gasteiger partial charge in [0.1, 0.15) is 0 Å². The van der Waals surface area contributed by atoms with Crippen LogP contribution in [0, 0.1) is 0 Å². The molecule has 4 nitrogen and oxygen atoms in total. The zero-order chi connectivity index (χ0) is 12.0. The minimum Gasteiger partial charge on any atom is -0.395 e. The van der Waals surface area contributed by atoms with Gasteiger partial charge in [-0.1, -0.05) is 0 Å². The fourth-order valence-corrected chi connectivity index (χ4v) is 1.34. The number of aromatic nitrogens is 2. The number of nitrogens with zero attached hydrogens (tertiary/aromatic N) is 3. The van der Waals surface area contributed by atoms with E-state index in [4.69, 9.17) is 5.11 Å². The van der Waals surface area contributed by atoms with Crippen LogP contribution in [0.25, 0.3) is 0 Å². The van der Waals surface area contributed by atoms with E-state index in [0.29, 0.717) is 6.54 Å². The molecule has 16 heavy (non-hydrogen) atoms. The first kappa shape index (κ1) is 13.0. The van der Waals surface area contributed by atoms with Crippen LogP contribution in [0.5, 0.6) is 0 Å². The van der Waals surface area contributed by atoms with Gasteiger partial charge < -0.3 is 5.11 Å². The van der Waals surface area contributed by atoms with Gasteiger partial charge in [-0.3, -0.25) is 9.58 Å². The third-order valence-electron chi connectivity index (χ3n) is 2.02. The number of hydrogen-bond acceptors (Lipinski definition) is 3. The molecule has 0 spiro atoms. The van der Waals surface area contributed by atoms with Crippen molar-refractivity contribution in [3.63, 3.8) is 0 Å². The molecule has 1 N–H and O–H groups in total. The summed E-state index contributed by atoms with van der Waals surface area (Å²) >= 11 is 0. The van der Waals surface area contributed by atoms with E-state index in [1.165, 1.54) is 0 Å². The molecular weight excluding hydrogens is 223 g/mol. The second-order valence-electron chi connectivity index (χ2n) is 3.38. The Bertz CT molecular complexity index is 287. The number of alkyl halides is 3. The smallest absolute Gasteiger partial charge is 0.395 e. The molecule has 0 atom stereocenters. The summed E-state index contributed by atoms with van der Waals surface area (Å²) in [4.78, 5) is 1.15. The first-order valence-corrected chi connectivity index (χ1v) is 4.88. The predicted octanol–water partition coefficient (Wildman–Crippen LogP) is 0.740. The van der Waals surface area contributed by atoms with E-state index < -0.39 is 12.7 Å². The third-order valence-corrected chi connectivity index (χ3v) is 2.02. The van der Waals surface area contributed by atoms with E-state index in [1.807, 2.05) is 0 Å². The van der Waals surface area contributed by atoms with Gasteiger partial charge in [0.15, 0.2) is 0 Å². The number of aliphatic hydroxyl groups excluding tert-OH is 1. The summed E-state index contributed by atoms with van der Waals surface area (Å²) in [7, 11) is 0. The van der Waals surface area contributed by atoms with E-state index in [0.717, 1.165) is 4.90 Å². The zero-order valence-electron chi connectivity index (χ0n) is 8.69. The highest BCUT2D eigenvalue weighted by atomic mass is 19.4. The summed E-state index contributed by atoms with van der Waals surface area (Å²) in [6.07, 6.45) is -0.982. The molecule has 0 bridgehead atoms.